The first-order valence-electron chi connectivity index (χ1n) is 33.8. The van der Waals surface area contributed by atoms with Crippen molar-refractivity contribution in [2.24, 2.45) is 0 Å². The largest absolute Gasteiger partial charge is 0.494 e. The Morgan fingerprint density at radius 3 is 0.977 bits per heavy atom. The van der Waals surface area contributed by atoms with E-state index in [1.54, 1.807) is 11.1 Å². The average Bonchev–Trinajstić information content (AvgIpc) is 1.60. The maximum atomic E-state index is 6.58. The second-order valence-electron chi connectivity index (χ2n) is 28.8. The van der Waals surface area contributed by atoms with Crippen molar-refractivity contribution in [1.82, 2.24) is 0 Å². The minimum atomic E-state index is -0.363. The second-order valence-corrected chi connectivity index (χ2v) is 31.2. The Balaban J connectivity index is 0.000000220. The molecule has 0 radical (unpaired) electrons. The third kappa shape index (κ3) is 14.6. The van der Waals surface area contributed by atoms with Crippen LogP contribution in [-0.4, -0.2) is 36.6 Å². The minimum Gasteiger partial charge on any atom is -0.399 e. The van der Waals surface area contributed by atoms with Crippen LogP contribution in [0.15, 0.2) is 97.1 Å². The molecular weight excluding hydrogens is 1100 g/mol. The standard InChI is InChI=1S/C39H58B2O4.C37H44S2.3CH4/c1-35(2)36(3,4)43-40(42-35)29-21-23-31-32-24-22-30(41-44-37(5,6)38(7,8)45-41)28-34(32)39(33(31)27-29)25-19-17-15-13-11-9-10-12-14-16-18-20-26-39;1-27-15-18-30-31-19-17-29(34-21-22-36(39-34)35-20-16-28(2)38-35)26-33(31)37(32(30)25-27)23-13-11-9-7-5-3-4-6-8-10-12-14-24-37;;;/h21-24,27-28H,9-20,25-26H2,1-8H3;15-22,25-26H,3-14,23-24H2,1-2H3;3*1H4. The van der Waals surface area contributed by atoms with Crippen LogP contribution in [0.4, 0.5) is 0 Å². The lowest BCUT2D eigenvalue weighted by Gasteiger charge is -2.33. The van der Waals surface area contributed by atoms with Crippen LogP contribution in [0, 0.1) is 13.8 Å². The van der Waals surface area contributed by atoms with Crippen LogP contribution in [0.2, 0.25) is 0 Å². The van der Waals surface area contributed by atoms with Gasteiger partial charge >= 0.3 is 14.2 Å². The summed E-state index contributed by atoms with van der Waals surface area (Å²) in [5, 5.41) is 0. The molecule has 4 aromatic carbocycles. The van der Waals surface area contributed by atoms with Gasteiger partial charge < -0.3 is 18.6 Å². The molecule has 2 aromatic heterocycles. The summed E-state index contributed by atoms with van der Waals surface area (Å²) in [5.41, 5.74) is 15.7. The van der Waals surface area contributed by atoms with Gasteiger partial charge in [-0.25, -0.2) is 0 Å². The van der Waals surface area contributed by atoms with Crippen molar-refractivity contribution in [1.29, 1.82) is 0 Å². The van der Waals surface area contributed by atoms with E-state index >= 15 is 0 Å². The van der Waals surface area contributed by atoms with E-state index in [0.717, 1.165) is 10.9 Å². The van der Waals surface area contributed by atoms with Crippen LogP contribution < -0.4 is 10.9 Å². The Morgan fingerprint density at radius 1 is 0.310 bits per heavy atom. The third-order valence-electron chi connectivity index (χ3n) is 21.8. The van der Waals surface area contributed by atoms with E-state index < -0.39 is 0 Å². The number of benzene rings is 4. The molecule has 4 nitrogen and oxygen atoms in total. The van der Waals surface area contributed by atoms with Crippen LogP contribution in [0.3, 0.4) is 0 Å². The first kappa shape index (κ1) is 69.1. The molecule has 2 saturated carbocycles. The van der Waals surface area contributed by atoms with Gasteiger partial charge in [0.2, 0.25) is 0 Å². The summed E-state index contributed by atoms with van der Waals surface area (Å²) in [4.78, 5) is 5.58. The minimum absolute atomic E-state index is 0. The van der Waals surface area contributed by atoms with Crippen LogP contribution in [0.1, 0.15) is 290 Å². The quantitative estimate of drug-likeness (QED) is 0.165. The molecule has 0 bridgehead atoms. The van der Waals surface area contributed by atoms with E-state index in [4.69, 9.17) is 18.6 Å². The molecule has 12 rings (SSSR count). The topological polar surface area (TPSA) is 36.9 Å². The van der Waals surface area contributed by atoms with E-state index in [0.29, 0.717) is 0 Å². The van der Waals surface area contributed by atoms with Crippen molar-refractivity contribution >= 4 is 47.8 Å². The lowest BCUT2D eigenvalue weighted by Crippen LogP contribution is -2.41. The highest BCUT2D eigenvalue weighted by atomic mass is 32.1. The van der Waals surface area contributed by atoms with Crippen LogP contribution >= 0.6 is 22.7 Å². The molecule has 2 spiro atoms. The highest BCUT2D eigenvalue weighted by molar-refractivity contribution is 7.23. The van der Waals surface area contributed by atoms with Gasteiger partial charge in [-0.05, 0) is 186 Å². The maximum absolute atomic E-state index is 6.58. The van der Waals surface area contributed by atoms with Crippen molar-refractivity contribution in [2.75, 3.05) is 0 Å². The zero-order valence-electron chi connectivity index (χ0n) is 53.6. The van der Waals surface area contributed by atoms with Crippen molar-refractivity contribution < 1.29 is 18.6 Å². The summed E-state index contributed by atoms with van der Waals surface area (Å²) in [7, 11) is -0.715. The summed E-state index contributed by atoms with van der Waals surface area (Å²) in [6.45, 7) is 21.7. The van der Waals surface area contributed by atoms with Crippen molar-refractivity contribution in [3.63, 3.8) is 0 Å². The zero-order chi connectivity index (χ0) is 58.7. The maximum Gasteiger partial charge on any atom is 0.494 e. The Hall–Kier alpha value is -3.75. The predicted molar refractivity (Wildman–Crippen MR) is 382 cm³/mol. The lowest BCUT2D eigenvalue weighted by molar-refractivity contribution is 0.00578. The number of hydrogen-bond acceptors (Lipinski definition) is 6. The molecule has 2 saturated heterocycles. The van der Waals surface area contributed by atoms with E-state index in [9.17, 15) is 0 Å². The fourth-order valence-corrected chi connectivity index (χ4v) is 17.3. The summed E-state index contributed by atoms with van der Waals surface area (Å²) in [5.74, 6) is 0. The van der Waals surface area contributed by atoms with Crippen molar-refractivity contribution in [3.8, 4) is 42.4 Å². The summed E-state index contributed by atoms with van der Waals surface area (Å²) >= 11 is 3.86. The molecule has 4 fully saturated rings. The van der Waals surface area contributed by atoms with Gasteiger partial charge in [-0.3, -0.25) is 0 Å². The molecule has 2 aliphatic heterocycles. The average molecular weight is 1210 g/mol. The van der Waals surface area contributed by atoms with E-state index in [2.05, 4.69) is 166 Å². The van der Waals surface area contributed by atoms with Gasteiger partial charge in [0.15, 0.2) is 0 Å². The molecule has 8 heteroatoms. The van der Waals surface area contributed by atoms with Gasteiger partial charge in [0, 0.05) is 30.3 Å². The SMILES string of the molecule is C.C.C.CC1(C)OB(c2ccc3c(c2)C2(CCCCCCCCCCCCCC2)c2cc(B4OC(C)(C)C(C)(C)O4)ccc2-3)OC1(C)C.Cc1ccc2c(c1)C1(CCCCCCCCCCCCCC1)c1cc(-c3ccc(-c4ccc(C)s4)s3)ccc1-2. The van der Waals surface area contributed by atoms with Gasteiger partial charge in [-0.15, -0.1) is 22.7 Å². The molecular formula is C79H114B2O4S2. The number of thiophene rings is 2. The number of hydrogen-bond donors (Lipinski definition) is 0. The highest BCUT2D eigenvalue weighted by Crippen LogP contribution is 2.57. The molecule has 0 atom stereocenters. The van der Waals surface area contributed by atoms with E-state index in [-0.39, 0.29) is 69.8 Å². The molecule has 87 heavy (non-hydrogen) atoms. The normalized spacial score (nSPS) is 21.6. The number of aryl methyl sites for hydroxylation is 2. The molecule has 0 unspecified atom stereocenters. The second kappa shape index (κ2) is 29.2. The third-order valence-corrected chi connectivity index (χ3v) is 24.1. The summed E-state index contributed by atoms with van der Waals surface area (Å²) < 4.78 is 26.3. The molecule has 0 N–H and O–H groups in total. The van der Waals surface area contributed by atoms with Crippen molar-refractivity contribution in [2.45, 2.75) is 305 Å². The highest BCUT2D eigenvalue weighted by Gasteiger charge is 2.54. The number of fused-ring (bicyclic) bond motifs is 10. The molecule has 6 aliphatic rings. The van der Waals surface area contributed by atoms with Gasteiger partial charge in [0.1, 0.15) is 0 Å². The molecule has 4 aliphatic carbocycles. The molecule has 472 valence electrons. The van der Waals surface area contributed by atoms with E-state index in [1.165, 1.54) is 244 Å². The van der Waals surface area contributed by atoms with E-state index in [1.807, 2.05) is 22.7 Å². The Morgan fingerprint density at radius 2 is 0.609 bits per heavy atom. The first-order valence-corrected chi connectivity index (χ1v) is 35.5. The Kier molecular flexibility index (Phi) is 23.2. The number of rotatable bonds is 4. The smallest absolute Gasteiger partial charge is 0.399 e. The molecule has 6 aromatic rings. The lowest BCUT2D eigenvalue weighted by atomic mass is 9.67. The fraction of sp³-hybridized carbons (Fsp3) is 0.595. The van der Waals surface area contributed by atoms with Gasteiger partial charge in [-0.2, -0.15) is 0 Å². The van der Waals surface area contributed by atoms with Crippen molar-refractivity contribution in [3.05, 3.63) is 130 Å². The Bertz CT molecular complexity index is 3040. The van der Waals surface area contributed by atoms with Crippen LogP contribution in [-0.2, 0) is 29.4 Å². The zero-order valence-corrected chi connectivity index (χ0v) is 55.3. The fourth-order valence-electron chi connectivity index (χ4n) is 15.3. The monoisotopic (exact) mass is 1210 g/mol. The summed E-state index contributed by atoms with van der Waals surface area (Å²) in [6, 6.07) is 38.1. The predicted octanol–water partition coefficient (Wildman–Crippen LogP) is 23.4. The van der Waals surface area contributed by atoms with Gasteiger partial charge in [-0.1, -0.05) is 249 Å². The molecule has 4 heterocycles. The van der Waals surface area contributed by atoms with Crippen LogP contribution in [0.25, 0.3) is 42.4 Å². The van der Waals surface area contributed by atoms with Gasteiger partial charge in [0.05, 0.1) is 22.4 Å². The van der Waals surface area contributed by atoms with Crippen LogP contribution in [0.5, 0.6) is 0 Å². The molecule has 0 amide bonds. The summed E-state index contributed by atoms with van der Waals surface area (Å²) in [6.07, 6.45) is 38.0. The first-order chi connectivity index (χ1) is 40.4. The Labute approximate surface area is 539 Å². The van der Waals surface area contributed by atoms with Gasteiger partial charge in [0.25, 0.3) is 0 Å².